The number of hydrogen-bond acceptors (Lipinski definition) is 3. The number of H-pyrrole nitrogens is 1. The molecule has 4 aromatic rings. The first-order chi connectivity index (χ1) is 16.4. The van der Waals surface area contributed by atoms with Crippen LogP contribution in [0.3, 0.4) is 0 Å². The maximum atomic E-state index is 13.1. The molecule has 1 heterocycles. The molecule has 0 saturated carbocycles. The smallest absolute Gasteiger partial charge is 0.253 e. The van der Waals surface area contributed by atoms with Crippen molar-refractivity contribution in [3.8, 4) is 0 Å². The van der Waals surface area contributed by atoms with Crippen molar-refractivity contribution >= 4 is 26.8 Å². The quantitative estimate of drug-likeness (QED) is 0.366. The van der Waals surface area contributed by atoms with Gasteiger partial charge in [-0.05, 0) is 55.3 Å². The molecule has 6 nitrogen and oxygen atoms in total. The second kappa shape index (κ2) is 10.2. The zero-order chi connectivity index (χ0) is 24.1. The Balaban J connectivity index is 1.58. The molecule has 0 aliphatic heterocycles. The molecule has 7 heteroatoms. The molecule has 3 aromatic carbocycles. The van der Waals surface area contributed by atoms with Crippen LogP contribution in [0.2, 0.25) is 0 Å². The second-order valence-electron chi connectivity index (χ2n) is 8.11. The Bertz CT molecular complexity index is 1360. The highest BCUT2D eigenvalue weighted by molar-refractivity contribution is 7.89. The van der Waals surface area contributed by atoms with Crippen molar-refractivity contribution in [2.45, 2.75) is 24.7 Å². The SMILES string of the molecule is CCN(CC)C(=O)c1ccc(S(=O)(=O)NCC(c2ccccc2)c2c[nH]c3ccccc23)cc1. The fraction of sp³-hybridized carbons (Fsp3) is 0.222. The number of aromatic nitrogens is 1. The normalized spacial score (nSPS) is 12.5. The van der Waals surface area contributed by atoms with Gasteiger partial charge in [-0.15, -0.1) is 0 Å². The summed E-state index contributed by atoms with van der Waals surface area (Å²) in [5.74, 6) is -0.277. The van der Waals surface area contributed by atoms with E-state index in [1.807, 2.05) is 74.6 Å². The predicted molar refractivity (Wildman–Crippen MR) is 135 cm³/mol. The van der Waals surface area contributed by atoms with Crippen molar-refractivity contribution < 1.29 is 13.2 Å². The van der Waals surface area contributed by atoms with E-state index >= 15 is 0 Å². The third-order valence-electron chi connectivity index (χ3n) is 6.14. The minimum Gasteiger partial charge on any atom is -0.361 e. The first kappa shape index (κ1) is 23.7. The lowest BCUT2D eigenvalue weighted by atomic mass is 9.91. The number of para-hydroxylation sites is 1. The van der Waals surface area contributed by atoms with Gasteiger partial charge in [-0.25, -0.2) is 13.1 Å². The third-order valence-corrected chi connectivity index (χ3v) is 7.58. The summed E-state index contributed by atoms with van der Waals surface area (Å²) in [5.41, 5.74) is 3.54. The molecule has 1 atom stereocenters. The number of carbonyl (C=O) groups is 1. The van der Waals surface area contributed by atoms with Crippen LogP contribution in [0.4, 0.5) is 0 Å². The third kappa shape index (κ3) is 4.90. The van der Waals surface area contributed by atoms with Gasteiger partial charge in [0.15, 0.2) is 0 Å². The van der Waals surface area contributed by atoms with E-state index in [2.05, 4.69) is 9.71 Å². The van der Waals surface area contributed by atoms with Gasteiger partial charge in [0.2, 0.25) is 10.0 Å². The van der Waals surface area contributed by atoms with Crippen LogP contribution in [0.5, 0.6) is 0 Å². The summed E-state index contributed by atoms with van der Waals surface area (Å²) in [4.78, 5) is 17.7. The number of nitrogens with zero attached hydrogens (tertiary/aromatic N) is 1. The molecule has 0 radical (unpaired) electrons. The van der Waals surface area contributed by atoms with E-state index in [9.17, 15) is 13.2 Å². The molecule has 0 bridgehead atoms. The van der Waals surface area contributed by atoms with Gasteiger partial charge in [-0.1, -0.05) is 48.5 Å². The fourth-order valence-corrected chi connectivity index (χ4v) is 5.27. The van der Waals surface area contributed by atoms with E-state index < -0.39 is 10.0 Å². The topological polar surface area (TPSA) is 82.3 Å². The van der Waals surface area contributed by atoms with Crippen LogP contribution in [0.1, 0.15) is 41.3 Å². The Hall–Kier alpha value is -3.42. The van der Waals surface area contributed by atoms with Crippen LogP contribution in [-0.4, -0.2) is 43.8 Å². The Labute approximate surface area is 200 Å². The standard InChI is InChI=1S/C27H29N3O3S/c1-3-30(4-2)27(31)21-14-16-22(17-15-21)34(32,33)29-19-24(20-10-6-5-7-11-20)25-18-28-26-13-9-8-12-23(25)26/h5-18,24,28-29H,3-4,19H2,1-2H3. The minimum atomic E-state index is -3.77. The summed E-state index contributed by atoms with van der Waals surface area (Å²) in [7, 11) is -3.77. The summed E-state index contributed by atoms with van der Waals surface area (Å²) in [6.45, 7) is 5.24. The summed E-state index contributed by atoms with van der Waals surface area (Å²) in [5, 5.41) is 1.06. The second-order valence-corrected chi connectivity index (χ2v) is 9.87. The Kier molecular flexibility index (Phi) is 7.14. The molecular formula is C27H29N3O3S. The molecule has 0 fully saturated rings. The molecule has 1 aromatic heterocycles. The van der Waals surface area contributed by atoms with Crippen LogP contribution in [0, 0.1) is 0 Å². The number of sulfonamides is 1. The highest BCUT2D eigenvalue weighted by atomic mass is 32.2. The van der Waals surface area contributed by atoms with Crippen molar-refractivity contribution in [3.63, 3.8) is 0 Å². The van der Waals surface area contributed by atoms with Gasteiger partial charge in [0.1, 0.15) is 0 Å². The van der Waals surface area contributed by atoms with E-state index in [1.54, 1.807) is 17.0 Å². The average Bonchev–Trinajstić information content (AvgIpc) is 3.29. The number of carbonyl (C=O) groups excluding carboxylic acids is 1. The number of fused-ring (bicyclic) bond motifs is 1. The van der Waals surface area contributed by atoms with Crippen molar-refractivity contribution in [1.29, 1.82) is 0 Å². The highest BCUT2D eigenvalue weighted by Gasteiger charge is 2.22. The number of hydrogen-bond donors (Lipinski definition) is 2. The van der Waals surface area contributed by atoms with E-state index in [0.717, 1.165) is 22.0 Å². The number of nitrogens with one attached hydrogen (secondary N) is 2. The first-order valence-corrected chi connectivity index (χ1v) is 12.9. The van der Waals surface area contributed by atoms with Crippen LogP contribution < -0.4 is 4.72 Å². The van der Waals surface area contributed by atoms with E-state index in [1.165, 1.54) is 12.1 Å². The van der Waals surface area contributed by atoms with Gasteiger partial charge in [-0.2, -0.15) is 0 Å². The maximum Gasteiger partial charge on any atom is 0.253 e. The lowest BCUT2D eigenvalue weighted by Crippen LogP contribution is -2.31. The Morgan fingerprint density at radius 3 is 2.24 bits per heavy atom. The number of rotatable bonds is 9. The van der Waals surface area contributed by atoms with Gasteiger partial charge in [0, 0.05) is 48.2 Å². The van der Waals surface area contributed by atoms with Crippen LogP contribution in [-0.2, 0) is 10.0 Å². The molecule has 0 spiro atoms. The average molecular weight is 476 g/mol. The van der Waals surface area contributed by atoms with Gasteiger partial charge in [0.05, 0.1) is 4.90 Å². The summed E-state index contributed by atoms with van der Waals surface area (Å²) >= 11 is 0. The van der Waals surface area contributed by atoms with Gasteiger partial charge in [0.25, 0.3) is 5.91 Å². The van der Waals surface area contributed by atoms with Crippen molar-refractivity contribution in [3.05, 3.63) is 102 Å². The lowest BCUT2D eigenvalue weighted by molar-refractivity contribution is 0.0773. The molecule has 0 aliphatic rings. The van der Waals surface area contributed by atoms with Gasteiger partial charge < -0.3 is 9.88 Å². The number of aromatic amines is 1. The fourth-order valence-electron chi connectivity index (χ4n) is 4.22. The predicted octanol–water partition coefficient (Wildman–Crippen LogP) is 4.76. The van der Waals surface area contributed by atoms with Crippen LogP contribution in [0.25, 0.3) is 10.9 Å². The van der Waals surface area contributed by atoms with Crippen molar-refractivity contribution in [2.75, 3.05) is 19.6 Å². The number of benzene rings is 3. The van der Waals surface area contributed by atoms with Crippen LogP contribution in [0.15, 0.2) is 90.0 Å². The van der Waals surface area contributed by atoms with Gasteiger partial charge in [-0.3, -0.25) is 4.79 Å². The maximum absolute atomic E-state index is 13.1. The number of amides is 1. The Morgan fingerprint density at radius 2 is 1.56 bits per heavy atom. The molecular weight excluding hydrogens is 446 g/mol. The van der Waals surface area contributed by atoms with Crippen molar-refractivity contribution in [2.24, 2.45) is 0 Å². The largest absolute Gasteiger partial charge is 0.361 e. The molecule has 2 N–H and O–H groups in total. The highest BCUT2D eigenvalue weighted by Crippen LogP contribution is 2.30. The van der Waals surface area contributed by atoms with E-state index in [0.29, 0.717) is 18.7 Å². The molecule has 4 rings (SSSR count). The molecule has 0 saturated heterocycles. The van der Waals surface area contributed by atoms with E-state index in [4.69, 9.17) is 0 Å². The molecule has 1 unspecified atom stereocenters. The molecule has 34 heavy (non-hydrogen) atoms. The summed E-state index contributed by atoms with van der Waals surface area (Å²) < 4.78 is 29.0. The molecule has 176 valence electrons. The van der Waals surface area contributed by atoms with E-state index in [-0.39, 0.29) is 23.3 Å². The van der Waals surface area contributed by atoms with Crippen molar-refractivity contribution in [1.82, 2.24) is 14.6 Å². The first-order valence-electron chi connectivity index (χ1n) is 11.4. The zero-order valence-corrected chi connectivity index (χ0v) is 20.2. The lowest BCUT2D eigenvalue weighted by Gasteiger charge is -2.19. The minimum absolute atomic E-state index is 0.106. The summed E-state index contributed by atoms with van der Waals surface area (Å²) in [6.07, 6.45) is 1.95. The Morgan fingerprint density at radius 1 is 0.912 bits per heavy atom. The van der Waals surface area contributed by atoms with Crippen LogP contribution >= 0.6 is 0 Å². The monoisotopic (exact) mass is 475 g/mol. The molecule has 1 amide bonds. The summed E-state index contributed by atoms with van der Waals surface area (Å²) in [6, 6.07) is 24.0. The van der Waals surface area contributed by atoms with Gasteiger partial charge >= 0.3 is 0 Å². The zero-order valence-electron chi connectivity index (χ0n) is 19.4. The molecule has 0 aliphatic carbocycles.